The molecule has 1 spiro atoms. The van der Waals surface area contributed by atoms with Crippen molar-refractivity contribution >= 4 is 0 Å². The topological polar surface area (TPSA) is 30.5 Å². The monoisotopic (exact) mass is 259 g/mol. The molecule has 1 saturated carbocycles. The van der Waals surface area contributed by atoms with Crippen LogP contribution in [0.5, 0.6) is 11.5 Å². The van der Waals surface area contributed by atoms with Gasteiger partial charge in [0.05, 0.1) is 0 Å². The Hall–Kier alpha value is -1.22. The molecule has 3 aliphatic rings. The lowest BCUT2D eigenvalue weighted by Crippen LogP contribution is -2.40. The normalized spacial score (nSPS) is 27.9. The Morgan fingerprint density at radius 1 is 1.05 bits per heavy atom. The van der Waals surface area contributed by atoms with Crippen LogP contribution in [-0.2, 0) is 0 Å². The lowest BCUT2D eigenvalue weighted by molar-refractivity contribution is -0.105. The molecule has 19 heavy (non-hydrogen) atoms. The number of fused-ring (bicyclic) bond motifs is 1. The van der Waals surface area contributed by atoms with Crippen molar-refractivity contribution in [2.24, 2.45) is 0 Å². The van der Waals surface area contributed by atoms with Gasteiger partial charge in [-0.25, -0.2) is 0 Å². The summed E-state index contributed by atoms with van der Waals surface area (Å²) in [5, 5.41) is 3.42. The summed E-state index contributed by atoms with van der Waals surface area (Å²) < 4.78 is 12.3. The molecule has 3 nitrogen and oxygen atoms in total. The van der Waals surface area contributed by atoms with E-state index in [1.54, 1.807) is 0 Å². The van der Waals surface area contributed by atoms with Crippen molar-refractivity contribution in [3.63, 3.8) is 0 Å². The van der Waals surface area contributed by atoms with Crippen molar-refractivity contribution in [3.8, 4) is 11.5 Å². The van der Waals surface area contributed by atoms with Crippen LogP contribution in [0.25, 0.3) is 0 Å². The molecule has 0 amide bonds. The number of rotatable bonds is 1. The largest absolute Gasteiger partial charge is 0.448 e. The van der Waals surface area contributed by atoms with Gasteiger partial charge in [-0.05, 0) is 49.4 Å². The van der Waals surface area contributed by atoms with E-state index in [0.717, 1.165) is 37.4 Å². The van der Waals surface area contributed by atoms with Crippen LogP contribution in [0.1, 0.15) is 50.0 Å². The van der Waals surface area contributed by atoms with E-state index in [0.29, 0.717) is 5.92 Å². The van der Waals surface area contributed by atoms with Gasteiger partial charge in [0.25, 0.3) is 5.79 Å². The second-order valence-electron chi connectivity index (χ2n) is 6.07. The third-order valence-electron chi connectivity index (χ3n) is 4.71. The van der Waals surface area contributed by atoms with Gasteiger partial charge in [0.2, 0.25) is 0 Å². The molecule has 3 heteroatoms. The van der Waals surface area contributed by atoms with Crippen molar-refractivity contribution < 1.29 is 9.47 Å². The Balaban J connectivity index is 1.59. The molecule has 1 atom stereocenters. The Morgan fingerprint density at radius 2 is 1.89 bits per heavy atom. The van der Waals surface area contributed by atoms with Gasteiger partial charge in [0.15, 0.2) is 11.5 Å². The first kappa shape index (κ1) is 11.6. The van der Waals surface area contributed by atoms with Gasteiger partial charge in [-0.2, -0.15) is 0 Å². The van der Waals surface area contributed by atoms with Gasteiger partial charge in [0.1, 0.15) is 0 Å². The summed E-state index contributed by atoms with van der Waals surface area (Å²) in [6.07, 6.45) is 7.03. The summed E-state index contributed by atoms with van der Waals surface area (Å²) in [4.78, 5) is 0. The van der Waals surface area contributed by atoms with E-state index in [2.05, 4.69) is 23.5 Å². The van der Waals surface area contributed by atoms with Crippen LogP contribution in [0, 0.1) is 0 Å². The van der Waals surface area contributed by atoms with Crippen LogP contribution in [0.4, 0.5) is 0 Å². The molecular formula is C16H21NO2. The highest BCUT2D eigenvalue weighted by atomic mass is 16.7. The van der Waals surface area contributed by atoms with Gasteiger partial charge < -0.3 is 14.8 Å². The zero-order valence-electron chi connectivity index (χ0n) is 11.3. The first-order chi connectivity index (χ1) is 9.35. The lowest BCUT2D eigenvalue weighted by Gasteiger charge is -2.31. The van der Waals surface area contributed by atoms with Crippen molar-refractivity contribution in [1.29, 1.82) is 0 Å². The van der Waals surface area contributed by atoms with Crippen molar-refractivity contribution in [1.82, 2.24) is 5.32 Å². The minimum atomic E-state index is -0.340. The summed E-state index contributed by atoms with van der Waals surface area (Å²) in [5.74, 6) is 2.20. The SMILES string of the molecule is c1cc2c(cc1C1CCNC1)OC1(CCCCC1)O2. The zero-order valence-corrected chi connectivity index (χ0v) is 11.3. The van der Waals surface area contributed by atoms with Gasteiger partial charge in [-0.3, -0.25) is 0 Å². The maximum absolute atomic E-state index is 6.19. The molecule has 1 aromatic rings. The minimum absolute atomic E-state index is 0.340. The highest BCUT2D eigenvalue weighted by molar-refractivity contribution is 5.47. The molecular weight excluding hydrogens is 238 g/mol. The van der Waals surface area contributed by atoms with E-state index in [1.807, 2.05) is 0 Å². The Kier molecular flexibility index (Phi) is 2.69. The summed E-state index contributed by atoms with van der Waals surface area (Å²) in [6, 6.07) is 6.52. The summed E-state index contributed by atoms with van der Waals surface area (Å²) in [7, 11) is 0. The summed E-state index contributed by atoms with van der Waals surface area (Å²) in [6.45, 7) is 2.22. The first-order valence-electron chi connectivity index (χ1n) is 7.57. The first-order valence-corrected chi connectivity index (χ1v) is 7.57. The van der Waals surface area contributed by atoms with E-state index in [4.69, 9.17) is 9.47 Å². The maximum atomic E-state index is 6.19. The molecule has 0 aromatic heterocycles. The van der Waals surface area contributed by atoms with Crippen molar-refractivity contribution in [2.75, 3.05) is 13.1 Å². The van der Waals surface area contributed by atoms with E-state index in [-0.39, 0.29) is 5.79 Å². The fourth-order valence-electron chi connectivity index (χ4n) is 3.60. The smallest absolute Gasteiger partial charge is 0.251 e. The third-order valence-corrected chi connectivity index (χ3v) is 4.71. The Bertz CT molecular complexity index is 474. The fourth-order valence-corrected chi connectivity index (χ4v) is 3.60. The van der Waals surface area contributed by atoms with Crippen LogP contribution < -0.4 is 14.8 Å². The van der Waals surface area contributed by atoms with Gasteiger partial charge in [0, 0.05) is 19.4 Å². The maximum Gasteiger partial charge on any atom is 0.251 e. The summed E-state index contributed by atoms with van der Waals surface area (Å²) in [5.41, 5.74) is 1.39. The molecule has 4 rings (SSSR count). The highest BCUT2D eigenvalue weighted by Crippen LogP contribution is 2.46. The molecule has 1 saturated heterocycles. The van der Waals surface area contributed by atoms with E-state index in [9.17, 15) is 0 Å². The molecule has 1 aromatic carbocycles. The quantitative estimate of drug-likeness (QED) is 0.840. The number of nitrogens with one attached hydrogen (secondary N) is 1. The number of ether oxygens (including phenoxy) is 2. The third kappa shape index (κ3) is 2.00. The van der Waals surface area contributed by atoms with Gasteiger partial charge in [-0.1, -0.05) is 12.5 Å². The van der Waals surface area contributed by atoms with Crippen LogP contribution in [0.15, 0.2) is 18.2 Å². The molecule has 2 aliphatic heterocycles. The predicted molar refractivity (Wildman–Crippen MR) is 73.7 cm³/mol. The van der Waals surface area contributed by atoms with Crippen molar-refractivity contribution in [3.05, 3.63) is 23.8 Å². The second-order valence-corrected chi connectivity index (χ2v) is 6.07. The van der Waals surface area contributed by atoms with Crippen molar-refractivity contribution in [2.45, 2.75) is 50.2 Å². The molecule has 1 unspecified atom stereocenters. The average molecular weight is 259 g/mol. The minimum Gasteiger partial charge on any atom is -0.448 e. The molecule has 102 valence electrons. The lowest BCUT2D eigenvalue weighted by atomic mass is 9.94. The molecule has 0 radical (unpaired) electrons. The standard InChI is InChI=1S/C16H21NO2/c1-2-7-16(8-3-1)18-14-5-4-12(10-15(14)19-16)13-6-9-17-11-13/h4-5,10,13,17H,1-3,6-9,11H2. The van der Waals surface area contributed by atoms with Crippen LogP contribution in [-0.4, -0.2) is 18.9 Å². The van der Waals surface area contributed by atoms with Crippen LogP contribution in [0.3, 0.4) is 0 Å². The molecule has 2 fully saturated rings. The van der Waals surface area contributed by atoms with Crippen LogP contribution in [0.2, 0.25) is 0 Å². The van der Waals surface area contributed by atoms with E-state index < -0.39 is 0 Å². The predicted octanol–water partition coefficient (Wildman–Crippen LogP) is 3.20. The molecule has 0 bridgehead atoms. The van der Waals surface area contributed by atoms with Gasteiger partial charge in [-0.15, -0.1) is 0 Å². The summed E-state index contributed by atoms with van der Waals surface area (Å²) >= 11 is 0. The Morgan fingerprint density at radius 3 is 2.68 bits per heavy atom. The van der Waals surface area contributed by atoms with E-state index in [1.165, 1.54) is 31.2 Å². The molecule has 2 heterocycles. The van der Waals surface area contributed by atoms with Gasteiger partial charge >= 0.3 is 0 Å². The fraction of sp³-hybridized carbons (Fsp3) is 0.625. The second kappa shape index (κ2) is 4.41. The average Bonchev–Trinajstić information content (AvgIpc) is 3.05. The Labute approximate surface area is 114 Å². The molecule has 1 aliphatic carbocycles. The van der Waals surface area contributed by atoms with E-state index >= 15 is 0 Å². The zero-order chi connectivity index (χ0) is 12.7. The highest BCUT2D eigenvalue weighted by Gasteiger charge is 2.42. The van der Waals surface area contributed by atoms with Crippen LogP contribution >= 0.6 is 0 Å². The number of benzene rings is 1. The number of hydrogen-bond acceptors (Lipinski definition) is 3. The molecule has 1 N–H and O–H groups in total. The number of hydrogen-bond donors (Lipinski definition) is 1.